The zero-order chi connectivity index (χ0) is 26.0. The van der Waals surface area contributed by atoms with Crippen molar-refractivity contribution in [2.75, 3.05) is 17.7 Å². The molecule has 3 aromatic carbocycles. The van der Waals surface area contributed by atoms with E-state index in [2.05, 4.69) is 25.9 Å². The van der Waals surface area contributed by atoms with Crippen LogP contribution in [0.25, 0.3) is 11.0 Å². The van der Waals surface area contributed by atoms with Gasteiger partial charge in [-0.05, 0) is 48.5 Å². The first-order chi connectivity index (χ1) is 17.0. The topological polar surface area (TPSA) is 116 Å². The lowest BCUT2D eigenvalue weighted by Gasteiger charge is -2.12. The van der Waals surface area contributed by atoms with Gasteiger partial charge < -0.3 is 20.9 Å². The lowest BCUT2D eigenvalue weighted by atomic mass is 10.0. The van der Waals surface area contributed by atoms with Crippen molar-refractivity contribution in [3.05, 3.63) is 88.2 Å². The monoisotopic (exact) mass is 515 g/mol. The van der Waals surface area contributed by atoms with Crippen molar-refractivity contribution in [3.63, 3.8) is 0 Å². The molecule has 1 heterocycles. The van der Waals surface area contributed by atoms with Gasteiger partial charge in [0.1, 0.15) is 0 Å². The summed E-state index contributed by atoms with van der Waals surface area (Å²) in [6, 6.07) is 12.9. The van der Waals surface area contributed by atoms with Gasteiger partial charge in [0.25, 0.3) is 5.91 Å². The number of anilines is 2. The Bertz CT molecular complexity index is 1500. The van der Waals surface area contributed by atoms with Gasteiger partial charge in [0.2, 0.25) is 0 Å². The molecule has 0 spiro atoms. The Morgan fingerprint density at radius 1 is 0.917 bits per heavy atom. The molecule has 1 aromatic heterocycles. The molecule has 184 valence electrons. The Labute approximate surface area is 206 Å². The van der Waals surface area contributed by atoms with Gasteiger partial charge in [0.15, 0.2) is 11.6 Å². The van der Waals surface area contributed by atoms with Gasteiger partial charge in [0, 0.05) is 29.5 Å². The summed E-state index contributed by atoms with van der Waals surface area (Å²) in [5.41, 5.74) is 0.628. The van der Waals surface area contributed by atoms with Crippen LogP contribution >= 0.6 is 11.6 Å². The number of aromatic nitrogens is 2. The summed E-state index contributed by atoms with van der Waals surface area (Å²) < 4.78 is 39.1. The van der Waals surface area contributed by atoms with Crippen LogP contribution in [0.3, 0.4) is 0 Å². The maximum absolute atomic E-state index is 13.0. The number of hydrogen-bond acceptors (Lipinski definition) is 4. The Morgan fingerprint density at radius 2 is 1.61 bits per heavy atom. The predicted octanol–water partition coefficient (Wildman–Crippen LogP) is 5.47. The minimum Gasteiger partial charge on any atom is -0.352 e. The number of imidazole rings is 1. The number of fused-ring (bicyclic) bond motifs is 1. The van der Waals surface area contributed by atoms with Crippen LogP contribution in [0.5, 0.6) is 0 Å². The molecule has 36 heavy (non-hydrogen) atoms. The van der Waals surface area contributed by atoms with Gasteiger partial charge in [-0.15, -0.1) is 0 Å². The standard InChI is InChI=1S/C24H17ClF3N5O3/c1-29-22(35)21-32-18-8-5-13(10-19(18)33-21)20(34)12-3-2-4-14(9-12)30-23(36)31-15-6-7-17(25)16(11-15)24(26,27)28/h2-11H,1H3,(H,29,35)(H,32,33)(H2,30,31,36). The summed E-state index contributed by atoms with van der Waals surface area (Å²) in [5.74, 6) is -0.647. The molecule has 0 saturated carbocycles. The summed E-state index contributed by atoms with van der Waals surface area (Å²) in [7, 11) is 1.47. The number of halogens is 4. The fraction of sp³-hybridized carbons (Fsp3) is 0.0833. The Balaban J connectivity index is 1.50. The number of nitrogens with zero attached hydrogens (tertiary/aromatic N) is 1. The Hall–Kier alpha value is -4.38. The van der Waals surface area contributed by atoms with Crippen molar-refractivity contribution in [1.29, 1.82) is 0 Å². The third-order valence-corrected chi connectivity index (χ3v) is 5.43. The van der Waals surface area contributed by atoms with E-state index < -0.39 is 28.7 Å². The quantitative estimate of drug-likeness (QED) is 0.264. The molecule has 12 heteroatoms. The van der Waals surface area contributed by atoms with Gasteiger partial charge >= 0.3 is 12.2 Å². The van der Waals surface area contributed by atoms with E-state index in [4.69, 9.17) is 11.6 Å². The number of urea groups is 1. The van der Waals surface area contributed by atoms with E-state index in [1.165, 1.54) is 25.2 Å². The number of H-pyrrole nitrogens is 1. The first kappa shape index (κ1) is 24.7. The van der Waals surface area contributed by atoms with E-state index >= 15 is 0 Å². The number of alkyl halides is 3. The molecule has 0 unspecified atom stereocenters. The van der Waals surface area contributed by atoms with E-state index in [0.717, 1.165) is 12.1 Å². The molecule has 0 atom stereocenters. The fourth-order valence-corrected chi connectivity index (χ4v) is 3.62. The SMILES string of the molecule is CNC(=O)c1nc2ccc(C(=O)c3cccc(NC(=O)Nc4ccc(Cl)c(C(F)(F)F)c4)c3)cc2[nH]1. The molecule has 4 rings (SSSR count). The lowest BCUT2D eigenvalue weighted by molar-refractivity contribution is -0.137. The minimum atomic E-state index is -4.68. The first-order valence-electron chi connectivity index (χ1n) is 10.4. The number of rotatable bonds is 5. The van der Waals surface area contributed by atoms with E-state index in [9.17, 15) is 27.6 Å². The number of aromatic amines is 1. The lowest BCUT2D eigenvalue weighted by Crippen LogP contribution is -2.20. The van der Waals surface area contributed by atoms with Crippen molar-refractivity contribution in [3.8, 4) is 0 Å². The highest BCUT2D eigenvalue weighted by Crippen LogP contribution is 2.36. The third-order valence-electron chi connectivity index (χ3n) is 5.10. The highest BCUT2D eigenvalue weighted by Gasteiger charge is 2.33. The number of hydrogen-bond donors (Lipinski definition) is 4. The summed E-state index contributed by atoms with van der Waals surface area (Å²) in [6.45, 7) is 0. The van der Waals surface area contributed by atoms with E-state index in [1.807, 2.05) is 0 Å². The van der Waals surface area contributed by atoms with Gasteiger partial charge in [-0.2, -0.15) is 13.2 Å². The minimum absolute atomic E-state index is 0.109. The third kappa shape index (κ3) is 5.31. The van der Waals surface area contributed by atoms with Gasteiger partial charge in [0.05, 0.1) is 21.6 Å². The molecule has 4 N–H and O–H groups in total. The van der Waals surface area contributed by atoms with Crippen molar-refractivity contribution >= 4 is 51.7 Å². The summed E-state index contributed by atoms with van der Waals surface area (Å²) in [5, 5.41) is 6.77. The maximum Gasteiger partial charge on any atom is 0.417 e. The second-order valence-corrected chi connectivity index (χ2v) is 7.99. The van der Waals surface area contributed by atoms with Crippen LogP contribution < -0.4 is 16.0 Å². The molecule has 0 aliphatic rings. The van der Waals surface area contributed by atoms with Crippen molar-refractivity contribution in [2.24, 2.45) is 0 Å². The van der Waals surface area contributed by atoms with Crippen molar-refractivity contribution in [1.82, 2.24) is 15.3 Å². The molecule has 0 aliphatic carbocycles. The van der Waals surface area contributed by atoms with Crippen molar-refractivity contribution in [2.45, 2.75) is 6.18 Å². The van der Waals surface area contributed by atoms with Gasteiger partial charge in [-0.3, -0.25) is 9.59 Å². The molecule has 0 bridgehead atoms. The predicted molar refractivity (Wildman–Crippen MR) is 128 cm³/mol. The maximum atomic E-state index is 13.0. The number of carbonyl (C=O) groups is 3. The van der Waals surface area contributed by atoms with Crippen molar-refractivity contribution < 1.29 is 27.6 Å². The zero-order valence-electron chi connectivity index (χ0n) is 18.5. The normalized spacial score (nSPS) is 11.2. The van der Waals surface area contributed by atoms with Crippen LogP contribution in [0.1, 0.15) is 32.1 Å². The van der Waals surface area contributed by atoms with Crippen LogP contribution in [0.15, 0.2) is 60.7 Å². The summed E-state index contributed by atoms with van der Waals surface area (Å²) in [6.07, 6.45) is -4.68. The second-order valence-electron chi connectivity index (χ2n) is 7.58. The highest BCUT2D eigenvalue weighted by atomic mass is 35.5. The smallest absolute Gasteiger partial charge is 0.352 e. The molecule has 0 radical (unpaired) electrons. The van der Waals surface area contributed by atoms with Crippen LogP contribution in [0.2, 0.25) is 5.02 Å². The average molecular weight is 516 g/mol. The molecule has 4 aromatic rings. The molecule has 0 saturated heterocycles. The summed E-state index contributed by atoms with van der Waals surface area (Å²) >= 11 is 5.60. The Morgan fingerprint density at radius 3 is 2.31 bits per heavy atom. The van der Waals surface area contributed by atoms with Crippen LogP contribution in [-0.4, -0.2) is 34.7 Å². The molecule has 8 nitrogen and oxygen atoms in total. The molecule has 0 aliphatic heterocycles. The number of amides is 3. The van der Waals surface area contributed by atoms with Gasteiger partial charge in [-0.1, -0.05) is 23.7 Å². The molecular weight excluding hydrogens is 499 g/mol. The summed E-state index contributed by atoms with van der Waals surface area (Å²) in [4.78, 5) is 44.1. The molecule has 3 amide bonds. The van der Waals surface area contributed by atoms with E-state index in [-0.39, 0.29) is 28.5 Å². The average Bonchev–Trinajstić information content (AvgIpc) is 3.27. The van der Waals surface area contributed by atoms with Crippen LogP contribution in [0, 0.1) is 0 Å². The largest absolute Gasteiger partial charge is 0.417 e. The fourth-order valence-electron chi connectivity index (χ4n) is 3.40. The van der Waals surface area contributed by atoms with Crippen LogP contribution in [0.4, 0.5) is 29.3 Å². The molecule has 0 fully saturated rings. The second kappa shape index (κ2) is 9.70. The number of nitrogens with one attached hydrogen (secondary N) is 4. The number of benzene rings is 3. The number of ketones is 1. The van der Waals surface area contributed by atoms with E-state index in [0.29, 0.717) is 16.6 Å². The molecular formula is C24H17ClF3N5O3. The first-order valence-corrected chi connectivity index (χ1v) is 10.7. The van der Waals surface area contributed by atoms with Crippen LogP contribution in [-0.2, 0) is 6.18 Å². The zero-order valence-corrected chi connectivity index (χ0v) is 19.2. The van der Waals surface area contributed by atoms with Gasteiger partial charge in [-0.25, -0.2) is 9.78 Å². The number of carbonyl (C=O) groups excluding carboxylic acids is 3. The highest BCUT2D eigenvalue weighted by molar-refractivity contribution is 6.31. The Kier molecular flexibility index (Phi) is 6.67. The van der Waals surface area contributed by atoms with E-state index in [1.54, 1.807) is 30.3 Å².